The van der Waals surface area contributed by atoms with E-state index in [4.69, 9.17) is 4.74 Å². The van der Waals surface area contributed by atoms with Crippen molar-refractivity contribution in [3.05, 3.63) is 0 Å². The maximum atomic E-state index is 12.2. The van der Waals surface area contributed by atoms with Gasteiger partial charge in [0.15, 0.2) is 0 Å². The summed E-state index contributed by atoms with van der Waals surface area (Å²) in [7, 11) is 0. The number of ether oxygens (including phenoxy) is 1. The molecule has 2 aliphatic rings. The van der Waals surface area contributed by atoms with E-state index in [2.05, 4.69) is 11.4 Å². The Kier molecular flexibility index (Phi) is 4.77. The fourth-order valence-electron chi connectivity index (χ4n) is 3.24. The monoisotopic (exact) mass is 293 g/mol. The summed E-state index contributed by atoms with van der Waals surface area (Å²) in [5.74, 6) is 0. The van der Waals surface area contributed by atoms with Gasteiger partial charge in [0.2, 0.25) is 0 Å². The molecule has 1 aliphatic heterocycles. The lowest BCUT2D eigenvalue weighted by atomic mass is 9.89. The number of nitrogens with zero attached hydrogens (tertiary/aromatic N) is 2. The third-order valence-electron chi connectivity index (χ3n) is 4.19. The van der Waals surface area contributed by atoms with Gasteiger partial charge in [-0.05, 0) is 46.5 Å². The lowest BCUT2D eigenvalue weighted by Crippen LogP contribution is -2.60. The number of hydrogen-bond acceptors (Lipinski definition) is 4. The molecule has 5 heteroatoms. The zero-order valence-electron chi connectivity index (χ0n) is 13.4. The van der Waals surface area contributed by atoms with E-state index in [1.807, 2.05) is 20.8 Å². The van der Waals surface area contributed by atoms with Crippen molar-refractivity contribution in [1.82, 2.24) is 10.2 Å². The van der Waals surface area contributed by atoms with Crippen LogP contribution in [-0.2, 0) is 4.74 Å². The van der Waals surface area contributed by atoms with E-state index >= 15 is 0 Å². The molecule has 0 aromatic heterocycles. The second-order valence-electron chi connectivity index (χ2n) is 7.33. The lowest BCUT2D eigenvalue weighted by Gasteiger charge is -2.40. The molecule has 2 fully saturated rings. The van der Waals surface area contributed by atoms with Crippen LogP contribution in [-0.4, -0.2) is 41.3 Å². The number of rotatable bonds is 2. The van der Waals surface area contributed by atoms with Crippen molar-refractivity contribution in [2.45, 2.75) is 76.5 Å². The van der Waals surface area contributed by atoms with Crippen LogP contribution in [0.4, 0.5) is 4.79 Å². The molecule has 1 amide bonds. The smallest absolute Gasteiger partial charge is 0.410 e. The van der Waals surface area contributed by atoms with Crippen LogP contribution >= 0.6 is 0 Å². The minimum absolute atomic E-state index is 0.310. The number of amides is 1. The van der Waals surface area contributed by atoms with Crippen molar-refractivity contribution in [2.24, 2.45) is 0 Å². The van der Waals surface area contributed by atoms with E-state index in [0.717, 1.165) is 25.7 Å². The zero-order valence-corrected chi connectivity index (χ0v) is 13.4. The molecule has 1 N–H and O–H groups in total. The number of hydrogen-bond donors (Lipinski definition) is 1. The molecule has 1 saturated heterocycles. The van der Waals surface area contributed by atoms with Gasteiger partial charge in [-0.3, -0.25) is 5.32 Å². The van der Waals surface area contributed by atoms with Crippen molar-refractivity contribution in [3.63, 3.8) is 0 Å². The van der Waals surface area contributed by atoms with Gasteiger partial charge in [-0.15, -0.1) is 0 Å². The number of likely N-dealkylation sites (tertiary alicyclic amines) is 1. The highest BCUT2D eigenvalue weighted by Gasteiger charge is 2.40. The third-order valence-corrected chi connectivity index (χ3v) is 4.19. The number of carbonyl (C=O) groups excluding carboxylic acids is 1. The maximum Gasteiger partial charge on any atom is 0.410 e. The summed E-state index contributed by atoms with van der Waals surface area (Å²) in [5.41, 5.74) is -1.10. The predicted octanol–water partition coefficient (Wildman–Crippen LogP) is 2.81. The van der Waals surface area contributed by atoms with Crippen LogP contribution in [0.15, 0.2) is 0 Å². The predicted molar refractivity (Wildman–Crippen MR) is 80.8 cm³/mol. The minimum Gasteiger partial charge on any atom is -0.444 e. The Bertz CT molecular complexity index is 418. The first-order chi connectivity index (χ1) is 9.84. The van der Waals surface area contributed by atoms with Crippen LogP contribution in [0.25, 0.3) is 0 Å². The zero-order chi connectivity index (χ0) is 15.5. The van der Waals surface area contributed by atoms with Crippen LogP contribution in [0.2, 0.25) is 0 Å². The Morgan fingerprint density at radius 3 is 2.57 bits per heavy atom. The van der Waals surface area contributed by atoms with Crippen molar-refractivity contribution < 1.29 is 9.53 Å². The molecule has 1 saturated carbocycles. The van der Waals surface area contributed by atoms with Crippen molar-refractivity contribution in [3.8, 4) is 6.07 Å². The van der Waals surface area contributed by atoms with E-state index in [1.54, 1.807) is 4.90 Å². The molecule has 5 nitrogen and oxygen atoms in total. The summed E-state index contributed by atoms with van der Waals surface area (Å²) in [6.45, 7) is 6.69. The molecule has 1 aliphatic carbocycles. The van der Waals surface area contributed by atoms with E-state index < -0.39 is 11.1 Å². The molecule has 0 bridgehead atoms. The largest absolute Gasteiger partial charge is 0.444 e. The molecule has 0 radical (unpaired) electrons. The summed E-state index contributed by atoms with van der Waals surface area (Å²) in [4.78, 5) is 13.9. The highest BCUT2D eigenvalue weighted by atomic mass is 16.6. The molecule has 0 aromatic rings. The van der Waals surface area contributed by atoms with Crippen LogP contribution in [0.1, 0.15) is 59.3 Å². The van der Waals surface area contributed by atoms with Gasteiger partial charge in [-0.25, -0.2) is 4.79 Å². The van der Waals surface area contributed by atoms with Crippen molar-refractivity contribution in [2.75, 3.05) is 13.1 Å². The molecule has 21 heavy (non-hydrogen) atoms. The number of nitriles is 1. The summed E-state index contributed by atoms with van der Waals surface area (Å²) in [6, 6.07) is 2.85. The molecule has 1 unspecified atom stereocenters. The highest BCUT2D eigenvalue weighted by molar-refractivity contribution is 5.68. The van der Waals surface area contributed by atoms with Gasteiger partial charge in [0.05, 0.1) is 12.6 Å². The summed E-state index contributed by atoms with van der Waals surface area (Å²) < 4.78 is 5.43. The summed E-state index contributed by atoms with van der Waals surface area (Å²) in [6.07, 6.45) is 6.07. The third kappa shape index (κ3) is 4.34. The fraction of sp³-hybridized carbons (Fsp3) is 0.875. The van der Waals surface area contributed by atoms with Gasteiger partial charge in [-0.1, -0.05) is 12.8 Å². The number of piperidine rings is 1. The normalized spacial score (nSPS) is 27.4. The molecule has 0 spiro atoms. The van der Waals surface area contributed by atoms with Gasteiger partial charge in [0.25, 0.3) is 0 Å². The summed E-state index contributed by atoms with van der Waals surface area (Å²) >= 11 is 0. The maximum absolute atomic E-state index is 12.2. The Balaban J connectivity index is 2.00. The molecule has 118 valence electrons. The van der Waals surface area contributed by atoms with Crippen LogP contribution in [0.5, 0.6) is 0 Å². The second kappa shape index (κ2) is 6.23. The quantitative estimate of drug-likeness (QED) is 0.850. The van der Waals surface area contributed by atoms with E-state index in [0.29, 0.717) is 19.1 Å². The Morgan fingerprint density at radius 2 is 2.00 bits per heavy atom. The second-order valence-corrected chi connectivity index (χ2v) is 7.33. The molecular weight excluding hydrogens is 266 g/mol. The minimum atomic E-state index is -0.607. The Hall–Kier alpha value is -1.28. The van der Waals surface area contributed by atoms with Crippen molar-refractivity contribution in [1.29, 1.82) is 5.26 Å². The topological polar surface area (TPSA) is 65.4 Å². The van der Waals surface area contributed by atoms with Crippen LogP contribution in [0.3, 0.4) is 0 Å². The van der Waals surface area contributed by atoms with Gasteiger partial charge >= 0.3 is 6.09 Å². The van der Waals surface area contributed by atoms with Gasteiger partial charge in [0, 0.05) is 12.6 Å². The standard InChI is InChI=1S/C16H27N3O2/c1-15(2,3)21-14(20)19-10-6-9-16(11-17,12-19)18-13-7-4-5-8-13/h13,18H,4-10,12H2,1-3H3. The van der Waals surface area contributed by atoms with E-state index in [9.17, 15) is 10.1 Å². The first-order valence-electron chi connectivity index (χ1n) is 8.00. The SMILES string of the molecule is CC(C)(C)OC(=O)N1CCCC(C#N)(NC2CCCC2)C1. The fourth-order valence-corrected chi connectivity index (χ4v) is 3.24. The van der Waals surface area contributed by atoms with Crippen molar-refractivity contribution >= 4 is 6.09 Å². The van der Waals surface area contributed by atoms with E-state index in [-0.39, 0.29) is 6.09 Å². The molecule has 0 aromatic carbocycles. The van der Waals surface area contributed by atoms with Crippen LogP contribution < -0.4 is 5.32 Å². The Labute approximate surface area is 127 Å². The van der Waals surface area contributed by atoms with Gasteiger partial charge < -0.3 is 9.64 Å². The Morgan fingerprint density at radius 1 is 1.33 bits per heavy atom. The highest BCUT2D eigenvalue weighted by Crippen LogP contribution is 2.27. The molecular formula is C16H27N3O2. The lowest BCUT2D eigenvalue weighted by molar-refractivity contribution is 0.0143. The average molecular weight is 293 g/mol. The summed E-state index contributed by atoms with van der Waals surface area (Å²) in [5, 5.41) is 13.2. The first-order valence-corrected chi connectivity index (χ1v) is 8.00. The van der Waals surface area contributed by atoms with Crippen LogP contribution in [0, 0.1) is 11.3 Å². The molecule has 2 rings (SSSR count). The number of carbonyl (C=O) groups is 1. The first kappa shape index (κ1) is 16.1. The van der Waals surface area contributed by atoms with Gasteiger partial charge in [-0.2, -0.15) is 5.26 Å². The molecule has 1 heterocycles. The van der Waals surface area contributed by atoms with E-state index in [1.165, 1.54) is 12.8 Å². The number of nitrogens with one attached hydrogen (secondary N) is 1. The molecule has 1 atom stereocenters. The average Bonchev–Trinajstić information content (AvgIpc) is 2.90. The van der Waals surface area contributed by atoms with Gasteiger partial charge in [0.1, 0.15) is 11.1 Å².